The van der Waals surface area contributed by atoms with Gasteiger partial charge in [-0.3, -0.25) is 9.59 Å². The van der Waals surface area contributed by atoms with E-state index in [4.69, 9.17) is 0 Å². The van der Waals surface area contributed by atoms with Crippen molar-refractivity contribution in [1.82, 2.24) is 5.32 Å². The topological polar surface area (TPSA) is 46.2 Å². The fourth-order valence-electron chi connectivity index (χ4n) is 1.63. The monoisotopic (exact) mass is 275 g/mol. The Morgan fingerprint density at radius 3 is 2.30 bits per heavy atom. The molecule has 2 aromatic rings. The van der Waals surface area contributed by atoms with Crippen LogP contribution in [0.15, 0.2) is 48.5 Å². The van der Waals surface area contributed by atoms with Crippen molar-refractivity contribution in [1.29, 1.82) is 0 Å². The first-order valence-corrected chi connectivity index (χ1v) is 5.89. The van der Waals surface area contributed by atoms with Crippen LogP contribution in [-0.4, -0.2) is 11.7 Å². The number of amides is 1. The van der Waals surface area contributed by atoms with Gasteiger partial charge in [0.15, 0.2) is 11.6 Å². The summed E-state index contributed by atoms with van der Waals surface area (Å²) >= 11 is 0. The molecule has 0 fully saturated rings. The van der Waals surface area contributed by atoms with Crippen LogP contribution in [0.1, 0.15) is 15.9 Å². The number of hydrogen-bond acceptors (Lipinski definition) is 2. The molecule has 102 valence electrons. The second-order valence-electron chi connectivity index (χ2n) is 4.13. The van der Waals surface area contributed by atoms with Gasteiger partial charge in [-0.15, -0.1) is 0 Å². The second kappa shape index (κ2) is 6.06. The van der Waals surface area contributed by atoms with Crippen molar-refractivity contribution >= 4 is 11.7 Å². The van der Waals surface area contributed by atoms with Crippen molar-refractivity contribution in [3.63, 3.8) is 0 Å². The van der Waals surface area contributed by atoms with Crippen LogP contribution in [0.5, 0.6) is 0 Å². The molecular weight excluding hydrogens is 264 g/mol. The summed E-state index contributed by atoms with van der Waals surface area (Å²) in [6.07, 6.45) is 0. The Kier molecular flexibility index (Phi) is 4.20. The number of carbonyl (C=O) groups is 2. The highest BCUT2D eigenvalue weighted by molar-refractivity contribution is 6.42. The average molecular weight is 275 g/mol. The summed E-state index contributed by atoms with van der Waals surface area (Å²) in [5.74, 6) is -3.99. The lowest BCUT2D eigenvalue weighted by Crippen LogP contribution is -2.30. The predicted octanol–water partition coefficient (Wildman–Crippen LogP) is 2.46. The molecule has 0 unspecified atom stereocenters. The van der Waals surface area contributed by atoms with E-state index >= 15 is 0 Å². The van der Waals surface area contributed by atoms with Gasteiger partial charge in [0.25, 0.3) is 5.91 Å². The first kappa shape index (κ1) is 13.9. The van der Waals surface area contributed by atoms with Gasteiger partial charge in [-0.25, -0.2) is 8.78 Å². The zero-order chi connectivity index (χ0) is 14.5. The van der Waals surface area contributed by atoms with Crippen LogP contribution in [0.3, 0.4) is 0 Å². The van der Waals surface area contributed by atoms with Gasteiger partial charge in [-0.1, -0.05) is 30.3 Å². The summed E-state index contributed by atoms with van der Waals surface area (Å²) in [5.41, 5.74) is 0.647. The van der Waals surface area contributed by atoms with Crippen LogP contribution in [0, 0.1) is 11.6 Å². The van der Waals surface area contributed by atoms with Gasteiger partial charge in [0.1, 0.15) is 0 Å². The molecule has 0 aliphatic carbocycles. The van der Waals surface area contributed by atoms with E-state index in [9.17, 15) is 18.4 Å². The summed E-state index contributed by atoms with van der Waals surface area (Å²) in [6, 6.07) is 11.6. The van der Waals surface area contributed by atoms with Crippen molar-refractivity contribution in [2.45, 2.75) is 6.54 Å². The van der Waals surface area contributed by atoms with Gasteiger partial charge in [0.2, 0.25) is 5.78 Å². The number of Topliss-reactive ketones (excluding diaryl/α,β-unsaturated/α-hetero) is 1. The Morgan fingerprint density at radius 1 is 0.950 bits per heavy atom. The number of carbonyl (C=O) groups excluding carboxylic acids is 2. The van der Waals surface area contributed by atoms with Crippen LogP contribution in [0.25, 0.3) is 0 Å². The molecule has 3 nitrogen and oxygen atoms in total. The molecule has 1 amide bonds. The van der Waals surface area contributed by atoms with Gasteiger partial charge in [-0.2, -0.15) is 0 Å². The zero-order valence-electron chi connectivity index (χ0n) is 10.4. The Hall–Kier alpha value is -2.56. The minimum Gasteiger partial charge on any atom is -0.345 e. The van der Waals surface area contributed by atoms with Crippen LogP contribution >= 0.6 is 0 Å². The number of rotatable bonds is 4. The van der Waals surface area contributed by atoms with Crippen LogP contribution < -0.4 is 5.32 Å². The highest BCUT2D eigenvalue weighted by Crippen LogP contribution is 2.09. The molecule has 0 bridgehead atoms. The second-order valence-corrected chi connectivity index (χ2v) is 4.13. The molecule has 20 heavy (non-hydrogen) atoms. The number of ketones is 1. The Bertz CT molecular complexity index is 642. The van der Waals surface area contributed by atoms with E-state index in [0.29, 0.717) is 6.07 Å². The van der Waals surface area contributed by atoms with Gasteiger partial charge in [0, 0.05) is 12.1 Å². The quantitative estimate of drug-likeness (QED) is 0.688. The Balaban J connectivity index is 2.02. The molecule has 2 aromatic carbocycles. The van der Waals surface area contributed by atoms with E-state index in [1.54, 1.807) is 24.3 Å². The summed E-state index contributed by atoms with van der Waals surface area (Å²) in [5, 5.41) is 2.43. The molecule has 0 atom stereocenters. The highest BCUT2D eigenvalue weighted by atomic mass is 19.2. The maximum Gasteiger partial charge on any atom is 0.292 e. The molecule has 0 aliphatic rings. The first-order chi connectivity index (χ1) is 9.58. The SMILES string of the molecule is O=C(NCc1ccccc1)C(=O)c1ccc(F)c(F)c1. The molecule has 0 heterocycles. The molecule has 0 spiro atoms. The Morgan fingerprint density at radius 2 is 1.65 bits per heavy atom. The minimum absolute atomic E-state index is 0.186. The third-order valence-corrected chi connectivity index (χ3v) is 2.68. The number of hydrogen-bond donors (Lipinski definition) is 1. The minimum atomic E-state index is -1.16. The van der Waals surface area contributed by atoms with Gasteiger partial charge in [0.05, 0.1) is 0 Å². The fourth-order valence-corrected chi connectivity index (χ4v) is 1.63. The smallest absolute Gasteiger partial charge is 0.292 e. The third-order valence-electron chi connectivity index (χ3n) is 2.68. The van der Waals surface area contributed by atoms with Crippen molar-refractivity contribution in [2.24, 2.45) is 0 Å². The average Bonchev–Trinajstić information content (AvgIpc) is 2.48. The lowest BCUT2D eigenvalue weighted by molar-refractivity contribution is -0.117. The van der Waals surface area contributed by atoms with Crippen molar-refractivity contribution in [3.8, 4) is 0 Å². The summed E-state index contributed by atoms with van der Waals surface area (Å²) in [6.45, 7) is 0.190. The van der Waals surface area contributed by atoms with E-state index in [-0.39, 0.29) is 12.1 Å². The van der Waals surface area contributed by atoms with E-state index in [1.165, 1.54) is 0 Å². The summed E-state index contributed by atoms with van der Waals surface area (Å²) in [7, 11) is 0. The highest BCUT2D eigenvalue weighted by Gasteiger charge is 2.17. The maximum absolute atomic E-state index is 13.0. The van der Waals surface area contributed by atoms with Gasteiger partial charge in [-0.05, 0) is 23.8 Å². The van der Waals surface area contributed by atoms with Crippen LogP contribution in [0.2, 0.25) is 0 Å². The van der Waals surface area contributed by atoms with E-state index in [1.807, 2.05) is 6.07 Å². The summed E-state index contributed by atoms with van der Waals surface area (Å²) in [4.78, 5) is 23.4. The fraction of sp³-hybridized carbons (Fsp3) is 0.0667. The predicted molar refractivity (Wildman–Crippen MR) is 69.0 cm³/mol. The lowest BCUT2D eigenvalue weighted by Gasteiger charge is -2.05. The molecule has 0 aliphatic heterocycles. The van der Waals surface area contributed by atoms with Crippen LogP contribution in [-0.2, 0) is 11.3 Å². The van der Waals surface area contributed by atoms with E-state index in [0.717, 1.165) is 17.7 Å². The Labute approximate surface area is 114 Å². The first-order valence-electron chi connectivity index (χ1n) is 5.89. The molecule has 1 N–H and O–H groups in total. The van der Waals surface area contributed by atoms with E-state index in [2.05, 4.69) is 5.32 Å². The molecule has 5 heteroatoms. The lowest BCUT2D eigenvalue weighted by atomic mass is 10.1. The number of benzene rings is 2. The number of nitrogens with one attached hydrogen (secondary N) is 1. The van der Waals surface area contributed by atoms with Gasteiger partial charge < -0.3 is 5.32 Å². The molecule has 0 aromatic heterocycles. The van der Waals surface area contributed by atoms with Gasteiger partial charge >= 0.3 is 0 Å². The standard InChI is InChI=1S/C15H11F2NO2/c16-12-7-6-11(8-13(12)17)14(19)15(20)18-9-10-4-2-1-3-5-10/h1-8H,9H2,(H,18,20). The number of halogens is 2. The zero-order valence-corrected chi connectivity index (χ0v) is 10.4. The van der Waals surface area contributed by atoms with E-state index < -0.39 is 23.3 Å². The molecular formula is C15H11F2NO2. The van der Waals surface area contributed by atoms with Crippen molar-refractivity contribution in [2.75, 3.05) is 0 Å². The molecule has 0 saturated heterocycles. The van der Waals surface area contributed by atoms with Crippen molar-refractivity contribution in [3.05, 3.63) is 71.3 Å². The largest absolute Gasteiger partial charge is 0.345 e. The third kappa shape index (κ3) is 3.26. The maximum atomic E-state index is 13.0. The molecule has 0 radical (unpaired) electrons. The summed E-state index contributed by atoms with van der Waals surface area (Å²) < 4.78 is 25.7. The normalized spacial score (nSPS) is 10.1. The molecule has 0 saturated carbocycles. The van der Waals surface area contributed by atoms with Crippen molar-refractivity contribution < 1.29 is 18.4 Å². The molecule has 2 rings (SSSR count). The van der Waals surface area contributed by atoms with Crippen LogP contribution in [0.4, 0.5) is 8.78 Å².